The zero-order valence-electron chi connectivity index (χ0n) is 22.0. The van der Waals surface area contributed by atoms with Gasteiger partial charge in [-0.05, 0) is 78.8 Å². The number of anilines is 1. The molecule has 0 aliphatic carbocycles. The van der Waals surface area contributed by atoms with E-state index in [2.05, 4.69) is 0 Å². The molecule has 3 aromatic rings. The Labute approximate surface area is 231 Å². The van der Waals surface area contributed by atoms with Crippen molar-refractivity contribution in [2.24, 2.45) is 11.7 Å². The van der Waals surface area contributed by atoms with E-state index in [4.69, 9.17) is 15.2 Å². The average molecular weight is 551 g/mol. The molecule has 9 heteroatoms. The van der Waals surface area contributed by atoms with Crippen molar-refractivity contribution in [3.05, 3.63) is 101 Å². The molecule has 3 aromatic carbocycles. The van der Waals surface area contributed by atoms with Gasteiger partial charge in [0.1, 0.15) is 23.8 Å². The number of β-lactam (4-membered cyclic amide) rings is 1. The van der Waals surface area contributed by atoms with Crippen LogP contribution >= 0.6 is 0 Å². The topological polar surface area (TPSA) is 102 Å². The van der Waals surface area contributed by atoms with Gasteiger partial charge in [0.15, 0.2) is 0 Å². The minimum absolute atomic E-state index is 0.0921. The normalized spacial score (nSPS) is 20.5. The Hall–Kier alpha value is -3.66. The fourth-order valence-corrected chi connectivity index (χ4v) is 5.40. The van der Waals surface area contributed by atoms with Gasteiger partial charge >= 0.3 is 0 Å². The first-order chi connectivity index (χ1) is 19.2. The molecule has 0 bridgehead atoms. The van der Waals surface area contributed by atoms with E-state index in [9.17, 15) is 23.5 Å². The van der Waals surface area contributed by atoms with Gasteiger partial charge in [0, 0.05) is 5.69 Å². The number of aliphatic hydroxyl groups is 1. The predicted molar refractivity (Wildman–Crippen MR) is 144 cm³/mol. The van der Waals surface area contributed by atoms with Crippen LogP contribution in [0.5, 0.6) is 0 Å². The highest BCUT2D eigenvalue weighted by atomic mass is 19.1. The minimum Gasteiger partial charge on any atom is -0.388 e. The van der Waals surface area contributed by atoms with Gasteiger partial charge in [0.2, 0.25) is 11.8 Å². The van der Waals surface area contributed by atoms with Crippen molar-refractivity contribution in [3.8, 4) is 0 Å². The van der Waals surface area contributed by atoms with Crippen molar-refractivity contribution >= 4 is 17.5 Å². The molecular weight excluding hydrogens is 518 g/mol. The molecular formula is C31H32F2N2O5. The number of hydrogen-bond acceptors (Lipinski definition) is 5. The zero-order valence-corrected chi connectivity index (χ0v) is 22.0. The van der Waals surface area contributed by atoms with E-state index in [0.717, 1.165) is 11.1 Å². The number of amides is 2. The summed E-state index contributed by atoms with van der Waals surface area (Å²) < 4.78 is 37.9. The van der Waals surface area contributed by atoms with Crippen LogP contribution < -0.4 is 10.6 Å². The summed E-state index contributed by atoms with van der Waals surface area (Å²) >= 11 is 0. The molecule has 2 saturated heterocycles. The molecule has 210 valence electrons. The summed E-state index contributed by atoms with van der Waals surface area (Å²) in [5.74, 6) is -1.74. The summed E-state index contributed by atoms with van der Waals surface area (Å²) in [7, 11) is 0. The monoisotopic (exact) mass is 550 g/mol. The van der Waals surface area contributed by atoms with E-state index >= 15 is 0 Å². The summed E-state index contributed by atoms with van der Waals surface area (Å²) in [5.41, 5.74) is 7.92. The van der Waals surface area contributed by atoms with Crippen LogP contribution in [0, 0.1) is 17.6 Å². The molecule has 2 aliphatic rings. The highest BCUT2D eigenvalue weighted by Gasteiger charge is 2.48. The Kier molecular flexibility index (Phi) is 8.25. The highest BCUT2D eigenvalue weighted by Crippen LogP contribution is 2.46. The van der Waals surface area contributed by atoms with Crippen molar-refractivity contribution in [2.75, 3.05) is 24.7 Å². The summed E-state index contributed by atoms with van der Waals surface area (Å²) in [6.07, 6.45) is 1.33. The molecule has 5 rings (SSSR count). The first-order valence-corrected chi connectivity index (χ1v) is 13.4. The summed E-state index contributed by atoms with van der Waals surface area (Å²) in [6, 6.07) is 19.2. The number of primary amides is 1. The largest absolute Gasteiger partial charge is 0.388 e. The fourth-order valence-electron chi connectivity index (χ4n) is 5.40. The van der Waals surface area contributed by atoms with Crippen molar-refractivity contribution in [1.82, 2.24) is 0 Å². The maximum atomic E-state index is 13.6. The number of benzene rings is 3. The highest BCUT2D eigenvalue weighted by molar-refractivity contribution is 6.03. The van der Waals surface area contributed by atoms with Gasteiger partial charge in [0.05, 0.1) is 31.3 Å². The zero-order chi connectivity index (χ0) is 28.3. The lowest BCUT2D eigenvalue weighted by Crippen LogP contribution is -2.55. The molecule has 2 heterocycles. The SMILES string of the molecule is NC(=O)COC1(CCc2ccc(C3C(CCC(O)c4ccc(F)cc4)C(=O)N3c3ccc(F)cc3)cc2)COC1. The smallest absolute Gasteiger partial charge is 0.243 e. The van der Waals surface area contributed by atoms with E-state index in [-0.39, 0.29) is 36.1 Å². The van der Waals surface area contributed by atoms with E-state index in [1.807, 2.05) is 24.3 Å². The number of aryl methyl sites for hydroxylation is 1. The van der Waals surface area contributed by atoms with Crippen molar-refractivity contribution in [1.29, 1.82) is 0 Å². The number of carbonyl (C=O) groups is 2. The summed E-state index contributed by atoms with van der Waals surface area (Å²) in [4.78, 5) is 26.1. The molecule has 3 unspecified atom stereocenters. The van der Waals surface area contributed by atoms with Gasteiger partial charge in [-0.3, -0.25) is 9.59 Å². The van der Waals surface area contributed by atoms with Gasteiger partial charge in [-0.15, -0.1) is 0 Å². The second-order valence-corrected chi connectivity index (χ2v) is 10.6. The first-order valence-electron chi connectivity index (χ1n) is 13.4. The van der Waals surface area contributed by atoms with Crippen LogP contribution in [0.3, 0.4) is 0 Å². The number of nitrogens with zero attached hydrogens (tertiary/aromatic N) is 1. The Morgan fingerprint density at radius 3 is 2.23 bits per heavy atom. The van der Waals surface area contributed by atoms with Crippen molar-refractivity contribution < 1.29 is 33.0 Å². The van der Waals surface area contributed by atoms with Crippen LogP contribution in [0.2, 0.25) is 0 Å². The quantitative estimate of drug-likeness (QED) is 0.326. The number of carbonyl (C=O) groups excluding carboxylic acids is 2. The lowest BCUT2D eigenvalue weighted by Gasteiger charge is -2.48. The van der Waals surface area contributed by atoms with E-state index in [0.29, 0.717) is 50.1 Å². The number of ether oxygens (including phenoxy) is 2. The van der Waals surface area contributed by atoms with Crippen LogP contribution in [0.1, 0.15) is 48.1 Å². The molecule has 7 nitrogen and oxygen atoms in total. The fraction of sp³-hybridized carbons (Fsp3) is 0.355. The second-order valence-electron chi connectivity index (χ2n) is 10.6. The Morgan fingerprint density at radius 1 is 1.02 bits per heavy atom. The number of halogens is 2. The molecule has 3 atom stereocenters. The minimum atomic E-state index is -0.823. The maximum absolute atomic E-state index is 13.6. The first kappa shape index (κ1) is 27.9. The third kappa shape index (κ3) is 6.06. The lowest BCUT2D eigenvalue weighted by atomic mass is 9.78. The molecule has 2 aliphatic heterocycles. The van der Waals surface area contributed by atoms with Gasteiger partial charge in [-0.1, -0.05) is 36.4 Å². The Bertz CT molecular complexity index is 1330. The number of nitrogens with two attached hydrogens (primary N) is 1. The Morgan fingerprint density at radius 2 is 1.65 bits per heavy atom. The molecule has 0 saturated carbocycles. The average Bonchev–Trinajstić information content (AvgIpc) is 2.92. The molecule has 3 N–H and O–H groups in total. The standard InChI is InChI=1S/C31H32F2N2O5/c32-23-7-5-21(6-8-23)27(36)14-13-26-29(35(30(26)38)25-11-9-24(33)10-12-25)22-3-1-20(2-4-22)15-16-31(18-39-19-31)40-17-28(34)37/h1-12,26-27,29,36H,13-19H2,(H2,34,37). The second kappa shape index (κ2) is 11.8. The summed E-state index contributed by atoms with van der Waals surface area (Å²) in [5, 5.41) is 10.7. The molecule has 0 radical (unpaired) electrons. The van der Waals surface area contributed by atoms with Crippen LogP contribution in [-0.4, -0.2) is 42.3 Å². The predicted octanol–water partition coefficient (Wildman–Crippen LogP) is 4.39. The van der Waals surface area contributed by atoms with Gasteiger partial charge in [-0.25, -0.2) is 8.78 Å². The molecule has 2 fully saturated rings. The maximum Gasteiger partial charge on any atom is 0.243 e. The van der Waals surface area contributed by atoms with E-state index in [1.54, 1.807) is 29.2 Å². The van der Waals surface area contributed by atoms with Gasteiger partial charge in [0.25, 0.3) is 0 Å². The number of hydrogen-bond donors (Lipinski definition) is 2. The molecule has 40 heavy (non-hydrogen) atoms. The molecule has 2 amide bonds. The Balaban J connectivity index is 1.29. The lowest BCUT2D eigenvalue weighted by molar-refractivity contribution is -0.211. The van der Waals surface area contributed by atoms with Crippen LogP contribution in [0.4, 0.5) is 14.5 Å². The van der Waals surface area contributed by atoms with Crippen molar-refractivity contribution in [2.45, 2.75) is 43.4 Å². The molecule has 0 spiro atoms. The third-order valence-electron chi connectivity index (χ3n) is 7.77. The van der Waals surface area contributed by atoms with Crippen LogP contribution in [0.15, 0.2) is 72.8 Å². The van der Waals surface area contributed by atoms with Gasteiger partial charge in [-0.2, -0.15) is 0 Å². The van der Waals surface area contributed by atoms with Gasteiger partial charge < -0.3 is 25.2 Å². The third-order valence-corrected chi connectivity index (χ3v) is 7.77. The van der Waals surface area contributed by atoms with Crippen LogP contribution in [-0.2, 0) is 25.5 Å². The van der Waals surface area contributed by atoms with E-state index < -0.39 is 17.6 Å². The number of aliphatic hydroxyl groups excluding tert-OH is 1. The number of rotatable bonds is 12. The summed E-state index contributed by atoms with van der Waals surface area (Å²) in [6.45, 7) is 0.690. The van der Waals surface area contributed by atoms with E-state index in [1.165, 1.54) is 24.3 Å². The van der Waals surface area contributed by atoms with Crippen molar-refractivity contribution in [3.63, 3.8) is 0 Å². The van der Waals surface area contributed by atoms with Crippen LogP contribution in [0.25, 0.3) is 0 Å². The molecule has 0 aromatic heterocycles.